The molecule has 0 aliphatic carbocycles. The lowest BCUT2D eigenvalue weighted by Gasteiger charge is -2.07. The van der Waals surface area contributed by atoms with Gasteiger partial charge in [0.05, 0.1) is 7.11 Å². The number of ether oxygens (including phenoxy) is 3. The monoisotopic (exact) mass is 182 g/mol. The van der Waals surface area contributed by atoms with Crippen LogP contribution in [0.2, 0.25) is 0 Å². The molecule has 1 aromatic carbocycles. The van der Waals surface area contributed by atoms with Crippen molar-refractivity contribution in [3.8, 4) is 11.5 Å². The zero-order valence-corrected chi connectivity index (χ0v) is 8.16. The smallest absolute Gasteiger partial charge is 0.188 e. The van der Waals surface area contributed by atoms with Gasteiger partial charge in [0.25, 0.3) is 0 Å². The van der Waals surface area contributed by atoms with Crippen LogP contribution in [0.5, 0.6) is 11.5 Å². The van der Waals surface area contributed by atoms with Crippen molar-refractivity contribution in [1.82, 2.24) is 0 Å². The summed E-state index contributed by atoms with van der Waals surface area (Å²) in [5, 5.41) is 0. The molecule has 0 aliphatic rings. The molecule has 0 amide bonds. The van der Waals surface area contributed by atoms with E-state index >= 15 is 0 Å². The van der Waals surface area contributed by atoms with E-state index in [0.29, 0.717) is 0 Å². The number of hydrogen-bond acceptors (Lipinski definition) is 3. The molecule has 72 valence electrons. The summed E-state index contributed by atoms with van der Waals surface area (Å²) < 4.78 is 15.2. The van der Waals surface area contributed by atoms with Gasteiger partial charge in [-0.1, -0.05) is 0 Å². The summed E-state index contributed by atoms with van der Waals surface area (Å²) in [6.07, 6.45) is 0. The van der Waals surface area contributed by atoms with Crippen LogP contribution in [0.1, 0.15) is 5.56 Å². The fraction of sp³-hybridized carbons (Fsp3) is 0.400. The normalized spacial score (nSPS) is 9.77. The second kappa shape index (κ2) is 4.72. The summed E-state index contributed by atoms with van der Waals surface area (Å²) in [5.41, 5.74) is 1.10. The molecule has 0 N–H and O–H groups in total. The van der Waals surface area contributed by atoms with Gasteiger partial charge in [0.15, 0.2) is 6.79 Å². The summed E-state index contributed by atoms with van der Waals surface area (Å²) in [4.78, 5) is 0. The Balaban J connectivity index is 2.76. The average Bonchev–Trinajstić information content (AvgIpc) is 2.14. The predicted octanol–water partition coefficient (Wildman–Crippen LogP) is 1.99. The van der Waals surface area contributed by atoms with Crippen molar-refractivity contribution in [2.75, 3.05) is 21.0 Å². The number of methoxy groups -OCH3 is 2. The summed E-state index contributed by atoms with van der Waals surface area (Å²) in [5.74, 6) is 1.56. The number of rotatable bonds is 4. The molecule has 1 rings (SSSR count). The maximum absolute atomic E-state index is 5.28. The first-order valence-electron chi connectivity index (χ1n) is 4.03. The molecule has 0 aromatic heterocycles. The van der Waals surface area contributed by atoms with E-state index in [-0.39, 0.29) is 6.79 Å². The first kappa shape index (κ1) is 9.86. The molecule has 0 saturated carbocycles. The molecule has 0 bridgehead atoms. The Labute approximate surface area is 78.2 Å². The van der Waals surface area contributed by atoms with Crippen molar-refractivity contribution < 1.29 is 14.2 Å². The van der Waals surface area contributed by atoms with E-state index in [2.05, 4.69) is 0 Å². The van der Waals surface area contributed by atoms with Crippen molar-refractivity contribution in [2.45, 2.75) is 6.92 Å². The Kier molecular flexibility index (Phi) is 3.58. The number of benzene rings is 1. The third kappa shape index (κ3) is 2.95. The van der Waals surface area contributed by atoms with E-state index in [1.807, 2.05) is 25.1 Å². The minimum atomic E-state index is 0.257. The van der Waals surface area contributed by atoms with Crippen LogP contribution >= 0.6 is 0 Å². The summed E-state index contributed by atoms with van der Waals surface area (Å²) in [6.45, 7) is 2.24. The molecular formula is C10H14O3. The van der Waals surface area contributed by atoms with Crippen molar-refractivity contribution in [1.29, 1.82) is 0 Å². The highest BCUT2D eigenvalue weighted by Gasteiger charge is 1.98. The van der Waals surface area contributed by atoms with Crippen LogP contribution < -0.4 is 9.47 Å². The topological polar surface area (TPSA) is 27.7 Å². The van der Waals surface area contributed by atoms with E-state index < -0.39 is 0 Å². The lowest BCUT2D eigenvalue weighted by Crippen LogP contribution is -1.99. The van der Waals surface area contributed by atoms with Crippen LogP contribution in [0.3, 0.4) is 0 Å². The first-order valence-corrected chi connectivity index (χ1v) is 4.03. The third-order valence-electron chi connectivity index (χ3n) is 1.60. The van der Waals surface area contributed by atoms with Gasteiger partial charge < -0.3 is 14.2 Å². The molecule has 3 heteroatoms. The average molecular weight is 182 g/mol. The van der Waals surface area contributed by atoms with Gasteiger partial charge in [-0.05, 0) is 24.6 Å². The molecular weight excluding hydrogens is 168 g/mol. The van der Waals surface area contributed by atoms with E-state index in [4.69, 9.17) is 14.2 Å². The van der Waals surface area contributed by atoms with Crippen molar-refractivity contribution >= 4 is 0 Å². The molecule has 0 fully saturated rings. The van der Waals surface area contributed by atoms with Crippen LogP contribution in [-0.2, 0) is 4.74 Å². The summed E-state index contributed by atoms with van der Waals surface area (Å²) >= 11 is 0. The number of aryl methyl sites for hydroxylation is 1. The number of hydrogen-bond donors (Lipinski definition) is 0. The zero-order valence-electron chi connectivity index (χ0n) is 8.16. The van der Waals surface area contributed by atoms with E-state index in [1.165, 1.54) is 0 Å². The first-order chi connectivity index (χ1) is 6.26. The predicted molar refractivity (Wildman–Crippen MR) is 50.2 cm³/mol. The maximum atomic E-state index is 5.28. The Morgan fingerprint density at radius 3 is 2.38 bits per heavy atom. The molecule has 0 atom stereocenters. The van der Waals surface area contributed by atoms with E-state index in [1.54, 1.807) is 14.2 Å². The largest absolute Gasteiger partial charge is 0.497 e. The van der Waals surface area contributed by atoms with Crippen LogP contribution in [0.4, 0.5) is 0 Å². The fourth-order valence-corrected chi connectivity index (χ4v) is 1.04. The summed E-state index contributed by atoms with van der Waals surface area (Å²) in [7, 11) is 3.22. The molecule has 3 nitrogen and oxygen atoms in total. The Hall–Kier alpha value is -1.22. The second-order valence-electron chi connectivity index (χ2n) is 2.74. The van der Waals surface area contributed by atoms with Gasteiger partial charge in [-0.3, -0.25) is 0 Å². The molecule has 0 saturated heterocycles. The SMILES string of the molecule is COCOc1cc(C)cc(OC)c1. The fourth-order valence-electron chi connectivity index (χ4n) is 1.04. The zero-order chi connectivity index (χ0) is 9.68. The van der Waals surface area contributed by atoms with Crippen LogP contribution in [0.25, 0.3) is 0 Å². The highest BCUT2D eigenvalue weighted by Crippen LogP contribution is 2.21. The second-order valence-corrected chi connectivity index (χ2v) is 2.74. The van der Waals surface area contributed by atoms with Crippen LogP contribution in [0.15, 0.2) is 18.2 Å². The Morgan fingerprint density at radius 1 is 1.08 bits per heavy atom. The van der Waals surface area contributed by atoms with Gasteiger partial charge in [0.2, 0.25) is 0 Å². The van der Waals surface area contributed by atoms with Gasteiger partial charge in [0, 0.05) is 13.2 Å². The van der Waals surface area contributed by atoms with Crippen molar-refractivity contribution in [2.24, 2.45) is 0 Å². The van der Waals surface area contributed by atoms with Gasteiger partial charge in [-0.2, -0.15) is 0 Å². The molecule has 13 heavy (non-hydrogen) atoms. The molecule has 0 unspecified atom stereocenters. The lowest BCUT2D eigenvalue weighted by atomic mass is 10.2. The van der Waals surface area contributed by atoms with E-state index in [0.717, 1.165) is 17.1 Å². The molecule has 0 spiro atoms. The van der Waals surface area contributed by atoms with Crippen LogP contribution in [0, 0.1) is 6.92 Å². The molecule has 1 aromatic rings. The minimum Gasteiger partial charge on any atom is -0.497 e. The lowest BCUT2D eigenvalue weighted by molar-refractivity contribution is 0.0509. The highest BCUT2D eigenvalue weighted by atomic mass is 16.7. The Morgan fingerprint density at radius 2 is 1.77 bits per heavy atom. The van der Waals surface area contributed by atoms with E-state index in [9.17, 15) is 0 Å². The highest BCUT2D eigenvalue weighted by molar-refractivity contribution is 5.37. The molecule has 0 radical (unpaired) electrons. The van der Waals surface area contributed by atoms with Crippen LogP contribution in [-0.4, -0.2) is 21.0 Å². The van der Waals surface area contributed by atoms with Gasteiger partial charge in [0.1, 0.15) is 11.5 Å². The summed E-state index contributed by atoms with van der Waals surface area (Å²) in [6, 6.07) is 5.70. The van der Waals surface area contributed by atoms with Crippen molar-refractivity contribution in [3.63, 3.8) is 0 Å². The van der Waals surface area contributed by atoms with Gasteiger partial charge in [-0.15, -0.1) is 0 Å². The maximum Gasteiger partial charge on any atom is 0.188 e. The van der Waals surface area contributed by atoms with Crippen molar-refractivity contribution in [3.05, 3.63) is 23.8 Å². The molecule has 0 aliphatic heterocycles. The third-order valence-corrected chi connectivity index (χ3v) is 1.60. The quantitative estimate of drug-likeness (QED) is 0.666. The van der Waals surface area contributed by atoms with Gasteiger partial charge in [-0.25, -0.2) is 0 Å². The standard InChI is InChI=1S/C10H14O3/c1-8-4-9(12-3)6-10(5-8)13-7-11-2/h4-6H,7H2,1-3H3. The minimum absolute atomic E-state index is 0.257. The molecule has 0 heterocycles. The Bertz CT molecular complexity index is 271. The van der Waals surface area contributed by atoms with Gasteiger partial charge >= 0.3 is 0 Å².